The number of hydrogen-bond donors (Lipinski definition) is 1. The van der Waals surface area contributed by atoms with E-state index in [1.807, 2.05) is 0 Å². The fraction of sp³-hybridized carbons (Fsp3) is 1.00. The van der Waals surface area contributed by atoms with Crippen molar-refractivity contribution in [1.82, 2.24) is 4.90 Å². The van der Waals surface area contributed by atoms with Crippen molar-refractivity contribution < 1.29 is 0 Å². The van der Waals surface area contributed by atoms with Crippen LogP contribution in [0.5, 0.6) is 0 Å². The van der Waals surface area contributed by atoms with Gasteiger partial charge in [-0.15, -0.1) is 0 Å². The van der Waals surface area contributed by atoms with Crippen LogP contribution in [0.25, 0.3) is 0 Å². The summed E-state index contributed by atoms with van der Waals surface area (Å²) in [7, 11) is 0. The lowest BCUT2D eigenvalue weighted by molar-refractivity contribution is 0.100. The first-order chi connectivity index (χ1) is 7.72. The predicted molar refractivity (Wildman–Crippen MR) is 71.6 cm³/mol. The van der Waals surface area contributed by atoms with Crippen LogP contribution in [-0.4, -0.2) is 30.1 Å². The fourth-order valence-electron chi connectivity index (χ4n) is 3.09. The lowest BCUT2D eigenvalue weighted by atomic mass is 9.91. The largest absolute Gasteiger partial charge is 0.326 e. The van der Waals surface area contributed by atoms with E-state index < -0.39 is 0 Å². The third kappa shape index (κ3) is 3.74. The number of piperidine rings is 1. The Morgan fingerprint density at radius 1 is 1.31 bits per heavy atom. The molecular formula is C14H30N2. The summed E-state index contributed by atoms with van der Waals surface area (Å²) >= 11 is 0. The molecule has 1 aliphatic rings. The first-order valence-corrected chi connectivity index (χ1v) is 7.22. The van der Waals surface area contributed by atoms with Crippen LogP contribution in [0.2, 0.25) is 0 Å². The van der Waals surface area contributed by atoms with Crippen LogP contribution in [0.1, 0.15) is 59.3 Å². The Kier molecular flexibility index (Phi) is 6.37. The van der Waals surface area contributed by atoms with Crippen LogP contribution in [-0.2, 0) is 0 Å². The van der Waals surface area contributed by atoms with Crippen molar-refractivity contribution in [3.05, 3.63) is 0 Å². The van der Waals surface area contributed by atoms with Crippen molar-refractivity contribution in [3.8, 4) is 0 Å². The zero-order chi connectivity index (χ0) is 12.0. The molecule has 96 valence electrons. The Bertz CT molecular complexity index is 182. The van der Waals surface area contributed by atoms with Crippen LogP contribution in [0.3, 0.4) is 0 Å². The summed E-state index contributed by atoms with van der Waals surface area (Å²) in [5.74, 6) is 0.914. The molecule has 1 heterocycles. The normalized spacial score (nSPS) is 26.6. The summed E-state index contributed by atoms with van der Waals surface area (Å²) in [6.07, 6.45) is 7.71. The summed E-state index contributed by atoms with van der Waals surface area (Å²) in [5, 5.41) is 0. The van der Waals surface area contributed by atoms with Gasteiger partial charge in [-0.05, 0) is 38.1 Å². The maximum Gasteiger partial charge on any atom is 0.0244 e. The van der Waals surface area contributed by atoms with E-state index in [1.165, 1.54) is 51.6 Å². The van der Waals surface area contributed by atoms with E-state index in [9.17, 15) is 0 Å². The summed E-state index contributed by atoms with van der Waals surface area (Å²) in [5.41, 5.74) is 6.32. The molecule has 0 amide bonds. The number of rotatable bonds is 6. The molecule has 2 nitrogen and oxygen atoms in total. The maximum atomic E-state index is 6.32. The SMILES string of the molecule is CCCC(N)C(CC)N1CCCC(CC)C1. The highest BCUT2D eigenvalue weighted by Gasteiger charge is 2.27. The highest BCUT2D eigenvalue weighted by Crippen LogP contribution is 2.23. The van der Waals surface area contributed by atoms with Crippen molar-refractivity contribution >= 4 is 0 Å². The van der Waals surface area contributed by atoms with Gasteiger partial charge in [-0.25, -0.2) is 0 Å². The van der Waals surface area contributed by atoms with Gasteiger partial charge in [-0.2, -0.15) is 0 Å². The monoisotopic (exact) mass is 226 g/mol. The summed E-state index contributed by atoms with van der Waals surface area (Å²) in [6, 6.07) is 1.000. The Morgan fingerprint density at radius 3 is 2.62 bits per heavy atom. The van der Waals surface area contributed by atoms with Gasteiger partial charge in [0.1, 0.15) is 0 Å². The molecule has 0 radical (unpaired) electrons. The lowest BCUT2D eigenvalue weighted by Gasteiger charge is -2.40. The van der Waals surface area contributed by atoms with E-state index >= 15 is 0 Å². The minimum Gasteiger partial charge on any atom is -0.326 e. The second-order valence-corrected chi connectivity index (χ2v) is 5.34. The lowest BCUT2D eigenvalue weighted by Crippen LogP contribution is -2.51. The number of nitrogens with zero attached hydrogens (tertiary/aromatic N) is 1. The van der Waals surface area contributed by atoms with Crippen molar-refractivity contribution in [2.75, 3.05) is 13.1 Å². The molecule has 1 fully saturated rings. The average Bonchev–Trinajstić information content (AvgIpc) is 2.31. The smallest absolute Gasteiger partial charge is 0.0244 e. The third-order valence-corrected chi connectivity index (χ3v) is 4.13. The maximum absolute atomic E-state index is 6.32. The summed E-state index contributed by atoms with van der Waals surface area (Å²) < 4.78 is 0. The zero-order valence-corrected chi connectivity index (χ0v) is 11.4. The standard InChI is InChI=1S/C14H30N2/c1-4-8-13(15)14(6-3)16-10-7-9-12(5-2)11-16/h12-14H,4-11,15H2,1-3H3. The molecule has 2 heteroatoms. The minimum atomic E-state index is 0.380. The first kappa shape index (κ1) is 14.0. The van der Waals surface area contributed by atoms with Gasteiger partial charge in [0.2, 0.25) is 0 Å². The van der Waals surface area contributed by atoms with Crippen LogP contribution in [0.15, 0.2) is 0 Å². The fourth-order valence-corrected chi connectivity index (χ4v) is 3.09. The highest BCUT2D eigenvalue weighted by molar-refractivity contribution is 4.84. The van der Waals surface area contributed by atoms with Gasteiger partial charge < -0.3 is 5.73 Å². The van der Waals surface area contributed by atoms with Crippen LogP contribution in [0.4, 0.5) is 0 Å². The quantitative estimate of drug-likeness (QED) is 0.754. The topological polar surface area (TPSA) is 29.3 Å². The van der Waals surface area contributed by atoms with Gasteiger partial charge in [0.15, 0.2) is 0 Å². The highest BCUT2D eigenvalue weighted by atomic mass is 15.2. The van der Waals surface area contributed by atoms with Crippen molar-refractivity contribution in [2.24, 2.45) is 11.7 Å². The molecule has 0 spiro atoms. The van der Waals surface area contributed by atoms with E-state index in [0.29, 0.717) is 12.1 Å². The molecule has 16 heavy (non-hydrogen) atoms. The Hall–Kier alpha value is -0.0800. The average molecular weight is 226 g/mol. The molecule has 0 aromatic carbocycles. The Balaban J connectivity index is 2.50. The Morgan fingerprint density at radius 2 is 2.06 bits per heavy atom. The molecule has 1 saturated heterocycles. The molecule has 1 aliphatic heterocycles. The van der Waals surface area contributed by atoms with Crippen molar-refractivity contribution in [3.63, 3.8) is 0 Å². The van der Waals surface area contributed by atoms with Crippen LogP contribution >= 0.6 is 0 Å². The molecule has 1 rings (SSSR count). The second-order valence-electron chi connectivity index (χ2n) is 5.34. The molecular weight excluding hydrogens is 196 g/mol. The van der Waals surface area contributed by atoms with Gasteiger partial charge in [0.25, 0.3) is 0 Å². The molecule has 0 aromatic rings. The molecule has 0 bridgehead atoms. The van der Waals surface area contributed by atoms with Gasteiger partial charge in [-0.3, -0.25) is 4.90 Å². The van der Waals surface area contributed by atoms with Gasteiger partial charge in [0.05, 0.1) is 0 Å². The van der Waals surface area contributed by atoms with Gasteiger partial charge in [0, 0.05) is 18.6 Å². The first-order valence-electron chi connectivity index (χ1n) is 7.22. The molecule has 3 unspecified atom stereocenters. The van der Waals surface area contributed by atoms with Gasteiger partial charge in [-0.1, -0.05) is 33.6 Å². The third-order valence-electron chi connectivity index (χ3n) is 4.13. The molecule has 0 aliphatic carbocycles. The summed E-state index contributed by atoms with van der Waals surface area (Å²) in [4.78, 5) is 2.66. The van der Waals surface area contributed by atoms with E-state index in [2.05, 4.69) is 25.7 Å². The number of nitrogens with two attached hydrogens (primary N) is 1. The summed E-state index contributed by atoms with van der Waals surface area (Å²) in [6.45, 7) is 9.40. The number of hydrogen-bond acceptors (Lipinski definition) is 2. The van der Waals surface area contributed by atoms with Crippen LogP contribution in [0, 0.1) is 5.92 Å². The molecule has 0 aromatic heterocycles. The Labute approximate surface area is 102 Å². The van der Waals surface area contributed by atoms with Crippen molar-refractivity contribution in [1.29, 1.82) is 0 Å². The zero-order valence-electron chi connectivity index (χ0n) is 11.4. The van der Waals surface area contributed by atoms with E-state index in [-0.39, 0.29) is 0 Å². The minimum absolute atomic E-state index is 0.380. The second kappa shape index (κ2) is 7.29. The molecule has 3 atom stereocenters. The van der Waals surface area contributed by atoms with Crippen molar-refractivity contribution in [2.45, 2.75) is 71.4 Å². The number of likely N-dealkylation sites (tertiary alicyclic amines) is 1. The van der Waals surface area contributed by atoms with E-state index in [4.69, 9.17) is 5.73 Å². The predicted octanol–water partition coefficient (Wildman–Crippen LogP) is 3.01. The van der Waals surface area contributed by atoms with Crippen LogP contribution < -0.4 is 5.73 Å². The van der Waals surface area contributed by atoms with E-state index in [1.54, 1.807) is 0 Å². The van der Waals surface area contributed by atoms with Gasteiger partial charge >= 0.3 is 0 Å². The molecule has 2 N–H and O–H groups in total. The molecule has 0 saturated carbocycles. The van der Waals surface area contributed by atoms with E-state index in [0.717, 1.165) is 5.92 Å².